The second kappa shape index (κ2) is 8.59. The van der Waals surface area contributed by atoms with Gasteiger partial charge in [0.25, 0.3) is 0 Å². The summed E-state index contributed by atoms with van der Waals surface area (Å²) >= 11 is 3.18. The zero-order valence-corrected chi connectivity index (χ0v) is 16.9. The van der Waals surface area contributed by atoms with Crippen LogP contribution in [0.4, 0.5) is 0 Å². The lowest BCUT2D eigenvalue weighted by molar-refractivity contribution is 0.261. The van der Waals surface area contributed by atoms with E-state index in [0.29, 0.717) is 37.1 Å². The number of ether oxygens (including phenoxy) is 3. The first-order valence-electron chi connectivity index (χ1n) is 8.48. The highest BCUT2D eigenvalue weighted by atomic mass is 32.2. The molecule has 0 aliphatic carbocycles. The van der Waals surface area contributed by atoms with Gasteiger partial charge >= 0.3 is 0 Å². The Balaban J connectivity index is 2.08. The van der Waals surface area contributed by atoms with Crippen LogP contribution >= 0.6 is 23.1 Å². The Morgan fingerprint density at radius 2 is 1.65 bits per heavy atom. The molecule has 0 aliphatic rings. The number of aromatic nitrogens is 4. The lowest BCUT2D eigenvalue weighted by atomic mass is 10.2. The second-order valence-electron chi connectivity index (χ2n) is 5.25. The van der Waals surface area contributed by atoms with Gasteiger partial charge in [0.15, 0.2) is 17.3 Å². The van der Waals surface area contributed by atoms with Gasteiger partial charge in [-0.2, -0.15) is 21.4 Å². The van der Waals surface area contributed by atoms with E-state index < -0.39 is 0 Å². The minimum absolute atomic E-state index is 0.536. The van der Waals surface area contributed by atoms with Crippen molar-refractivity contribution in [1.82, 2.24) is 19.8 Å². The van der Waals surface area contributed by atoms with Gasteiger partial charge in [0.2, 0.25) is 10.7 Å². The first-order chi connectivity index (χ1) is 12.7. The third kappa shape index (κ3) is 3.73. The van der Waals surface area contributed by atoms with Gasteiger partial charge in [-0.05, 0) is 39.2 Å². The molecule has 2 heterocycles. The number of hydrogen-bond donors (Lipinski definition) is 0. The highest BCUT2D eigenvalue weighted by molar-refractivity contribution is 7.97. The Morgan fingerprint density at radius 1 is 1.00 bits per heavy atom. The van der Waals surface area contributed by atoms with Crippen molar-refractivity contribution in [2.75, 3.05) is 26.1 Å². The molecular weight excluding hydrogens is 372 g/mol. The van der Waals surface area contributed by atoms with Crippen molar-refractivity contribution in [3.05, 3.63) is 18.0 Å². The van der Waals surface area contributed by atoms with Crippen LogP contribution in [0.2, 0.25) is 0 Å². The summed E-state index contributed by atoms with van der Waals surface area (Å²) in [6.45, 7) is 7.45. The van der Waals surface area contributed by atoms with Gasteiger partial charge in [0, 0.05) is 5.56 Å². The average Bonchev–Trinajstić information content (AvgIpc) is 3.20. The number of nitrogens with zero attached hydrogens (tertiary/aromatic N) is 4. The second-order valence-corrected chi connectivity index (χ2v) is 7.07. The van der Waals surface area contributed by atoms with Crippen LogP contribution in [-0.2, 0) is 5.75 Å². The van der Waals surface area contributed by atoms with Crippen molar-refractivity contribution in [2.45, 2.75) is 26.5 Å². The van der Waals surface area contributed by atoms with Gasteiger partial charge in [-0.3, -0.25) is 0 Å². The van der Waals surface area contributed by atoms with Crippen LogP contribution in [0, 0.1) is 0 Å². The van der Waals surface area contributed by atoms with Crippen LogP contribution in [0.15, 0.2) is 12.1 Å². The fourth-order valence-electron chi connectivity index (χ4n) is 2.51. The molecule has 0 saturated heterocycles. The maximum Gasteiger partial charge on any atom is 0.235 e. The van der Waals surface area contributed by atoms with E-state index in [2.05, 4.69) is 15.3 Å². The van der Waals surface area contributed by atoms with E-state index in [4.69, 9.17) is 14.2 Å². The van der Waals surface area contributed by atoms with Crippen molar-refractivity contribution in [3.8, 4) is 27.8 Å². The van der Waals surface area contributed by atoms with Crippen LogP contribution in [0.3, 0.4) is 0 Å². The molecule has 0 spiro atoms. The van der Waals surface area contributed by atoms with Gasteiger partial charge in [-0.15, -0.1) is 10.2 Å². The molecule has 0 N–H and O–H groups in total. The summed E-state index contributed by atoms with van der Waals surface area (Å²) in [4.78, 5) is 0.772. The summed E-state index contributed by atoms with van der Waals surface area (Å²) in [5.41, 5.74) is 0.908. The molecule has 3 rings (SSSR count). The van der Waals surface area contributed by atoms with Crippen LogP contribution < -0.4 is 14.2 Å². The highest BCUT2D eigenvalue weighted by Gasteiger charge is 2.19. The standard InChI is InChI=1S/C17H22N4O3S2/c1-5-22-12-8-11(9-13(23-6-2)15(12)24-7-3)16-20-21-14(10-25-4)18-19-17(21)26-16/h8-9H,5-7,10H2,1-4H3. The summed E-state index contributed by atoms with van der Waals surface area (Å²) in [6, 6.07) is 3.88. The topological polar surface area (TPSA) is 70.8 Å². The molecule has 3 aromatic rings. The van der Waals surface area contributed by atoms with Gasteiger partial charge < -0.3 is 14.2 Å². The number of hydrogen-bond acceptors (Lipinski definition) is 8. The van der Waals surface area contributed by atoms with E-state index in [-0.39, 0.29) is 0 Å². The Bertz CT molecular complexity index is 851. The van der Waals surface area contributed by atoms with E-state index in [1.807, 2.05) is 39.2 Å². The number of fused-ring (bicyclic) bond motifs is 1. The summed E-state index contributed by atoms with van der Waals surface area (Å²) in [7, 11) is 0. The number of thioether (sulfide) groups is 1. The SMILES string of the molecule is CCOc1cc(-c2nn3c(CSC)nnc3s2)cc(OCC)c1OCC. The van der Waals surface area contributed by atoms with E-state index in [0.717, 1.165) is 27.1 Å². The molecule has 7 nitrogen and oxygen atoms in total. The predicted octanol–water partition coefficient (Wildman–Crippen LogP) is 3.91. The van der Waals surface area contributed by atoms with Gasteiger partial charge in [-0.1, -0.05) is 11.3 Å². The van der Waals surface area contributed by atoms with Crippen molar-refractivity contribution >= 4 is 28.1 Å². The molecule has 1 aromatic carbocycles. The zero-order valence-electron chi connectivity index (χ0n) is 15.3. The Labute approximate surface area is 160 Å². The van der Waals surface area contributed by atoms with Crippen LogP contribution in [0.5, 0.6) is 17.2 Å². The van der Waals surface area contributed by atoms with Crippen molar-refractivity contribution in [3.63, 3.8) is 0 Å². The molecular formula is C17H22N4O3S2. The quantitative estimate of drug-likeness (QED) is 0.545. The minimum atomic E-state index is 0.536. The van der Waals surface area contributed by atoms with Gasteiger partial charge in [-0.25, -0.2) is 0 Å². The van der Waals surface area contributed by atoms with E-state index in [1.165, 1.54) is 11.3 Å². The normalized spacial score (nSPS) is 11.1. The summed E-state index contributed by atoms with van der Waals surface area (Å²) in [6.07, 6.45) is 2.03. The lowest BCUT2D eigenvalue weighted by Gasteiger charge is -2.16. The van der Waals surface area contributed by atoms with Crippen molar-refractivity contribution in [2.24, 2.45) is 0 Å². The molecule has 0 saturated carbocycles. The molecule has 140 valence electrons. The van der Waals surface area contributed by atoms with Crippen LogP contribution in [0.1, 0.15) is 26.6 Å². The van der Waals surface area contributed by atoms with Crippen LogP contribution in [0.25, 0.3) is 15.5 Å². The predicted molar refractivity (Wildman–Crippen MR) is 105 cm³/mol. The summed E-state index contributed by atoms with van der Waals surface area (Å²) < 4.78 is 19.1. The van der Waals surface area contributed by atoms with Crippen molar-refractivity contribution in [1.29, 1.82) is 0 Å². The molecule has 0 atom stereocenters. The van der Waals surface area contributed by atoms with Gasteiger partial charge in [0.05, 0.1) is 25.6 Å². The molecule has 0 amide bonds. The van der Waals surface area contributed by atoms with Crippen molar-refractivity contribution < 1.29 is 14.2 Å². The van der Waals surface area contributed by atoms with E-state index in [1.54, 1.807) is 16.3 Å². The maximum absolute atomic E-state index is 5.79. The Hall–Kier alpha value is -2.00. The largest absolute Gasteiger partial charge is 0.490 e. The van der Waals surface area contributed by atoms with E-state index >= 15 is 0 Å². The smallest absolute Gasteiger partial charge is 0.235 e. The lowest BCUT2D eigenvalue weighted by Crippen LogP contribution is -2.03. The average molecular weight is 395 g/mol. The summed E-state index contributed by atoms with van der Waals surface area (Å²) in [5.74, 6) is 3.56. The monoisotopic (exact) mass is 394 g/mol. The molecule has 26 heavy (non-hydrogen) atoms. The molecule has 0 bridgehead atoms. The molecule has 0 unspecified atom stereocenters. The third-order valence-corrected chi connectivity index (χ3v) is 4.98. The molecule has 9 heteroatoms. The van der Waals surface area contributed by atoms with Gasteiger partial charge in [0.1, 0.15) is 5.01 Å². The first kappa shape index (κ1) is 18.8. The zero-order chi connectivity index (χ0) is 18.5. The number of rotatable bonds is 9. The van der Waals surface area contributed by atoms with E-state index in [9.17, 15) is 0 Å². The first-order valence-corrected chi connectivity index (χ1v) is 10.7. The third-order valence-electron chi connectivity index (χ3n) is 3.48. The fourth-order valence-corrected chi connectivity index (χ4v) is 3.79. The minimum Gasteiger partial charge on any atom is -0.490 e. The molecule has 0 fully saturated rings. The molecule has 0 radical (unpaired) electrons. The summed E-state index contributed by atoms with van der Waals surface area (Å²) in [5, 5.41) is 13.9. The maximum atomic E-state index is 5.79. The highest BCUT2D eigenvalue weighted by Crippen LogP contribution is 2.42. The fraction of sp³-hybridized carbons (Fsp3) is 0.471. The molecule has 2 aromatic heterocycles. The van der Waals surface area contributed by atoms with Crippen LogP contribution in [-0.4, -0.2) is 45.9 Å². The Kier molecular flexibility index (Phi) is 6.20. The Morgan fingerprint density at radius 3 is 2.23 bits per heavy atom. The number of benzene rings is 1. The molecule has 0 aliphatic heterocycles.